The van der Waals surface area contributed by atoms with Crippen molar-refractivity contribution in [2.75, 3.05) is 0 Å². The fraction of sp³-hybridized carbons (Fsp3) is 0.750. The lowest BCUT2D eigenvalue weighted by Crippen LogP contribution is -2.72. The molecule has 1 N–H and O–H groups in total. The molecule has 9 heteroatoms. The van der Waals surface area contributed by atoms with Crippen molar-refractivity contribution in [1.82, 2.24) is 0 Å². The Labute approximate surface area is 117 Å². The first-order valence-electron chi connectivity index (χ1n) is 5.77. The van der Waals surface area contributed by atoms with Gasteiger partial charge in [-0.25, -0.2) is 4.79 Å². The minimum Gasteiger partial charge on any atom is -0.452 e. The maximum atomic E-state index is 12.9. The molecule has 0 radical (unpaired) electrons. The Morgan fingerprint density at radius 3 is 1.62 bits per heavy atom. The van der Waals surface area contributed by atoms with Crippen molar-refractivity contribution in [3.8, 4) is 0 Å². The summed E-state index contributed by atoms with van der Waals surface area (Å²) in [6.45, 7) is 6.47. The van der Waals surface area contributed by atoms with Crippen LogP contribution >= 0.6 is 0 Å². The third-order valence-corrected chi connectivity index (χ3v) is 3.29. The second-order valence-corrected chi connectivity index (χ2v) is 5.14. The van der Waals surface area contributed by atoms with E-state index in [2.05, 4.69) is 11.3 Å². The van der Waals surface area contributed by atoms with E-state index in [1.54, 1.807) is 0 Å². The monoisotopic (exact) mass is 322 g/mol. The van der Waals surface area contributed by atoms with Gasteiger partial charge in [-0.15, -0.1) is 0 Å². The highest BCUT2D eigenvalue weighted by Gasteiger charge is 2.80. The van der Waals surface area contributed by atoms with Crippen LogP contribution < -0.4 is 0 Å². The average Bonchev–Trinajstić information content (AvgIpc) is 2.23. The van der Waals surface area contributed by atoms with Crippen molar-refractivity contribution < 1.29 is 41.0 Å². The molecule has 0 aliphatic carbocycles. The number of rotatable bonds is 4. The van der Waals surface area contributed by atoms with Gasteiger partial charge in [-0.05, 0) is 19.8 Å². The van der Waals surface area contributed by atoms with Gasteiger partial charge in [-0.3, -0.25) is 0 Å². The van der Waals surface area contributed by atoms with Crippen molar-refractivity contribution in [3.05, 3.63) is 12.2 Å². The smallest absolute Gasteiger partial charge is 0.430 e. The van der Waals surface area contributed by atoms with Crippen molar-refractivity contribution >= 4 is 5.97 Å². The first-order valence-corrected chi connectivity index (χ1v) is 5.77. The molecule has 0 amide bonds. The Hall–Kier alpha value is -1.25. The van der Waals surface area contributed by atoms with Gasteiger partial charge in [0.2, 0.25) is 0 Å². The lowest BCUT2D eigenvalue weighted by atomic mass is 9.74. The van der Waals surface area contributed by atoms with Gasteiger partial charge in [0.05, 0.1) is 0 Å². The fourth-order valence-electron chi connectivity index (χ4n) is 1.61. The van der Waals surface area contributed by atoms with Gasteiger partial charge in [0, 0.05) is 5.57 Å². The molecule has 0 aromatic heterocycles. The molecule has 124 valence electrons. The minimum absolute atomic E-state index is 0.388. The molecule has 21 heavy (non-hydrogen) atoms. The van der Waals surface area contributed by atoms with E-state index in [1.165, 1.54) is 0 Å². The zero-order valence-corrected chi connectivity index (χ0v) is 11.8. The van der Waals surface area contributed by atoms with Crippen LogP contribution in [0.4, 0.5) is 26.3 Å². The van der Waals surface area contributed by atoms with Crippen LogP contribution in [0.3, 0.4) is 0 Å². The Morgan fingerprint density at radius 2 is 1.43 bits per heavy atom. The maximum absolute atomic E-state index is 12.9. The summed E-state index contributed by atoms with van der Waals surface area (Å²) in [5.74, 6) is -2.95. The molecule has 1 unspecified atom stereocenters. The van der Waals surface area contributed by atoms with Crippen molar-refractivity contribution in [2.45, 2.75) is 51.2 Å². The number of carbonyl (C=O) groups excluding carboxylic acids is 1. The molecule has 0 aromatic carbocycles. The molecule has 0 fully saturated rings. The van der Waals surface area contributed by atoms with Gasteiger partial charge in [0.1, 0.15) is 0 Å². The number of alkyl halides is 6. The molecule has 0 bridgehead atoms. The molecule has 0 heterocycles. The molecular weight excluding hydrogens is 306 g/mol. The van der Waals surface area contributed by atoms with Crippen LogP contribution in [0.1, 0.15) is 27.7 Å². The van der Waals surface area contributed by atoms with Crippen molar-refractivity contribution in [3.63, 3.8) is 0 Å². The van der Waals surface area contributed by atoms with E-state index in [9.17, 15) is 36.2 Å². The van der Waals surface area contributed by atoms with Gasteiger partial charge >= 0.3 is 18.3 Å². The van der Waals surface area contributed by atoms with E-state index in [-0.39, 0.29) is 0 Å². The van der Waals surface area contributed by atoms with E-state index >= 15 is 0 Å². The van der Waals surface area contributed by atoms with Gasteiger partial charge in [0.25, 0.3) is 5.60 Å². The lowest BCUT2D eigenvalue weighted by Gasteiger charge is -2.47. The number of halogens is 6. The highest BCUT2D eigenvalue weighted by molar-refractivity contribution is 5.87. The summed E-state index contributed by atoms with van der Waals surface area (Å²) in [4.78, 5) is 11.4. The standard InChI is InChI=1S/C12H16F6O3/c1-6(2)8(19)21-9(5,7(3)4)10(20,11(13,14)15)12(16,17)18/h7,20H,1H2,2-5H3. The summed E-state index contributed by atoms with van der Waals surface area (Å²) in [5.41, 5.74) is -8.89. The van der Waals surface area contributed by atoms with Crippen LogP contribution in [0.5, 0.6) is 0 Å². The molecule has 0 spiro atoms. The van der Waals surface area contributed by atoms with E-state index < -0.39 is 41.0 Å². The summed E-state index contributed by atoms with van der Waals surface area (Å²) in [7, 11) is 0. The summed E-state index contributed by atoms with van der Waals surface area (Å²) in [6, 6.07) is 0. The quantitative estimate of drug-likeness (QED) is 0.490. The molecule has 0 rings (SSSR count). The second-order valence-electron chi connectivity index (χ2n) is 5.14. The van der Waals surface area contributed by atoms with Crippen molar-refractivity contribution in [1.29, 1.82) is 0 Å². The van der Waals surface area contributed by atoms with Gasteiger partial charge in [-0.2, -0.15) is 26.3 Å². The summed E-state index contributed by atoms with van der Waals surface area (Å²) >= 11 is 0. The zero-order valence-electron chi connectivity index (χ0n) is 11.8. The van der Waals surface area contributed by atoms with Crippen molar-refractivity contribution in [2.24, 2.45) is 5.92 Å². The first kappa shape index (κ1) is 19.8. The maximum Gasteiger partial charge on any atom is 0.430 e. The topological polar surface area (TPSA) is 46.5 Å². The number of carbonyl (C=O) groups is 1. The number of aliphatic hydroxyl groups is 1. The molecule has 0 saturated carbocycles. The molecule has 0 saturated heterocycles. The average molecular weight is 322 g/mol. The lowest BCUT2D eigenvalue weighted by molar-refractivity contribution is -0.415. The number of hydrogen-bond donors (Lipinski definition) is 1. The largest absolute Gasteiger partial charge is 0.452 e. The third-order valence-electron chi connectivity index (χ3n) is 3.29. The fourth-order valence-corrected chi connectivity index (χ4v) is 1.61. The van der Waals surface area contributed by atoms with Crippen LogP contribution in [0.2, 0.25) is 0 Å². The van der Waals surface area contributed by atoms with Gasteiger partial charge < -0.3 is 9.84 Å². The zero-order chi connectivity index (χ0) is 17.4. The van der Waals surface area contributed by atoms with Crippen LogP contribution in [-0.2, 0) is 9.53 Å². The SMILES string of the molecule is C=C(C)C(=O)OC(C)(C(C)C)C(O)(C(F)(F)F)C(F)(F)F. The molecule has 0 aromatic rings. The summed E-state index contributed by atoms with van der Waals surface area (Å²) < 4.78 is 81.9. The van der Waals surface area contributed by atoms with E-state index in [0.29, 0.717) is 6.92 Å². The van der Waals surface area contributed by atoms with Crippen LogP contribution in [0.15, 0.2) is 12.2 Å². The van der Waals surface area contributed by atoms with Crippen LogP contribution in [0.25, 0.3) is 0 Å². The van der Waals surface area contributed by atoms with E-state index in [4.69, 9.17) is 0 Å². The summed E-state index contributed by atoms with van der Waals surface area (Å²) in [5, 5.41) is 9.45. The van der Waals surface area contributed by atoms with E-state index in [1.807, 2.05) is 0 Å². The Bertz CT molecular complexity index is 410. The highest BCUT2D eigenvalue weighted by atomic mass is 19.4. The highest BCUT2D eigenvalue weighted by Crippen LogP contribution is 2.53. The van der Waals surface area contributed by atoms with Crippen LogP contribution in [0, 0.1) is 5.92 Å². The Morgan fingerprint density at radius 1 is 1.10 bits per heavy atom. The molecule has 0 aliphatic heterocycles. The minimum atomic E-state index is -6.10. The molecule has 0 aliphatic rings. The predicted molar refractivity (Wildman–Crippen MR) is 61.2 cm³/mol. The van der Waals surface area contributed by atoms with Crippen LogP contribution in [-0.4, -0.2) is 34.6 Å². The molecule has 3 nitrogen and oxygen atoms in total. The Balaban J connectivity index is 6.24. The third kappa shape index (κ3) is 3.17. The molecule has 1 atom stereocenters. The molecular formula is C12H16F6O3. The first-order chi connectivity index (χ1) is 9.02. The van der Waals surface area contributed by atoms with Gasteiger partial charge in [0.15, 0.2) is 5.60 Å². The normalized spacial score (nSPS) is 16.6. The van der Waals surface area contributed by atoms with Gasteiger partial charge in [-0.1, -0.05) is 20.4 Å². The number of ether oxygens (including phenoxy) is 1. The van der Waals surface area contributed by atoms with E-state index in [0.717, 1.165) is 20.8 Å². The number of esters is 1. The predicted octanol–water partition coefficient (Wildman–Crippen LogP) is 3.38. The Kier molecular flexibility index (Phi) is 5.18. The summed E-state index contributed by atoms with van der Waals surface area (Å²) in [6.07, 6.45) is -12.2. The number of hydrogen-bond acceptors (Lipinski definition) is 3. The second kappa shape index (κ2) is 5.51.